The van der Waals surface area contributed by atoms with Crippen LogP contribution in [0.4, 0.5) is 0 Å². The normalized spacial score (nSPS) is 36.1. The first kappa shape index (κ1) is 21.8. The van der Waals surface area contributed by atoms with E-state index < -0.39 is 5.63 Å². The van der Waals surface area contributed by atoms with Crippen LogP contribution in [0.1, 0.15) is 81.0 Å². The maximum absolute atomic E-state index is 13.0. The van der Waals surface area contributed by atoms with Crippen LogP contribution in [0.5, 0.6) is 0 Å². The summed E-state index contributed by atoms with van der Waals surface area (Å²) in [6.45, 7) is 6.81. The fraction of sp³-hybridized carbons (Fsp3) is 0.567. The molecule has 2 aromatic rings. The molecule has 176 valence electrons. The van der Waals surface area contributed by atoms with Crippen LogP contribution in [-0.2, 0) is 16.6 Å². The van der Waals surface area contributed by atoms with E-state index in [1.165, 1.54) is 0 Å². The molecule has 0 unspecified atom stereocenters. The lowest BCUT2D eigenvalue weighted by Gasteiger charge is -2.59. The summed E-state index contributed by atoms with van der Waals surface area (Å²) >= 11 is 0. The molecule has 0 saturated heterocycles. The van der Waals surface area contributed by atoms with Crippen molar-refractivity contribution in [1.29, 1.82) is 5.26 Å². The van der Waals surface area contributed by atoms with Gasteiger partial charge in [-0.15, -0.1) is 0 Å². The molecule has 0 spiro atoms. The number of rotatable bonds is 1. The van der Waals surface area contributed by atoms with Crippen LogP contribution in [0.3, 0.4) is 0 Å². The Hall–Kier alpha value is -2.67. The van der Waals surface area contributed by atoms with Gasteiger partial charge in [-0.05, 0) is 85.5 Å². The van der Waals surface area contributed by atoms with E-state index in [0.29, 0.717) is 35.2 Å². The molecule has 4 heteroatoms. The number of ketones is 1. The SMILES string of the molecule is Cc1ccc(-c2oc(=O)c(C#N)c3c2C[C@H]2[C@@H]4CC[C@H]5CC(=O)CC[C@]5(C)[C@H]4CC[C@]32C)cc1. The first-order chi connectivity index (χ1) is 16.3. The van der Waals surface area contributed by atoms with Crippen molar-refractivity contribution in [3.05, 3.63) is 56.9 Å². The summed E-state index contributed by atoms with van der Waals surface area (Å²) in [5.74, 6) is 3.21. The van der Waals surface area contributed by atoms with Crippen molar-refractivity contribution in [2.45, 2.75) is 77.6 Å². The molecular formula is C30H33NO3. The third kappa shape index (κ3) is 2.88. The molecule has 0 radical (unpaired) electrons. The molecule has 6 atom stereocenters. The summed E-state index contributed by atoms with van der Waals surface area (Å²) in [6, 6.07) is 10.4. The zero-order valence-electron chi connectivity index (χ0n) is 20.4. The van der Waals surface area contributed by atoms with E-state index in [4.69, 9.17) is 4.42 Å². The highest BCUT2D eigenvalue weighted by Gasteiger charge is 2.60. The Kier molecular flexibility index (Phi) is 4.76. The maximum Gasteiger partial charge on any atom is 0.354 e. The van der Waals surface area contributed by atoms with Crippen LogP contribution in [0.25, 0.3) is 11.3 Å². The smallest absolute Gasteiger partial charge is 0.354 e. The molecule has 4 aliphatic carbocycles. The Bertz CT molecular complexity index is 1280. The predicted octanol–water partition coefficient (Wildman–Crippen LogP) is 6.11. The first-order valence-electron chi connectivity index (χ1n) is 13.0. The number of nitriles is 1. The number of hydrogen-bond acceptors (Lipinski definition) is 4. The Morgan fingerprint density at radius 3 is 2.50 bits per heavy atom. The number of Topliss-reactive ketones (excluding diaryl/α,β-unsaturated/α-hetero) is 1. The molecule has 34 heavy (non-hydrogen) atoms. The van der Waals surface area contributed by atoms with Gasteiger partial charge < -0.3 is 4.42 Å². The van der Waals surface area contributed by atoms with Crippen molar-refractivity contribution in [3.8, 4) is 17.4 Å². The van der Waals surface area contributed by atoms with Crippen LogP contribution < -0.4 is 5.63 Å². The third-order valence-corrected chi connectivity index (χ3v) is 10.5. The van der Waals surface area contributed by atoms with E-state index in [1.54, 1.807) is 0 Å². The summed E-state index contributed by atoms with van der Waals surface area (Å²) in [5.41, 5.74) is 3.92. The monoisotopic (exact) mass is 455 g/mol. The standard InChI is InChI=1S/C30H33NO3/c1-17-4-6-18(7-5-17)27-22-15-25-21-9-8-19-14-20(32)10-12-29(19,2)24(21)11-13-30(25,3)26(22)23(16-31)28(33)34-27/h4-7,19,21,24-25H,8-15H2,1-3H3/t19-,21+,24-,25-,29-,30-/m0/s1. The summed E-state index contributed by atoms with van der Waals surface area (Å²) in [4.78, 5) is 25.2. The Labute approximate surface area is 201 Å². The molecule has 6 rings (SSSR count). The van der Waals surface area contributed by atoms with Crippen LogP contribution in [0, 0.1) is 47.3 Å². The average molecular weight is 456 g/mol. The molecule has 0 aliphatic heterocycles. The molecule has 3 fully saturated rings. The van der Waals surface area contributed by atoms with Gasteiger partial charge in [-0.25, -0.2) is 4.79 Å². The zero-order chi connectivity index (χ0) is 23.8. The van der Waals surface area contributed by atoms with E-state index >= 15 is 0 Å². The van der Waals surface area contributed by atoms with Gasteiger partial charge in [0.2, 0.25) is 0 Å². The Balaban J connectivity index is 1.47. The molecular weight excluding hydrogens is 422 g/mol. The minimum absolute atomic E-state index is 0.176. The highest BCUT2D eigenvalue weighted by molar-refractivity contribution is 5.79. The van der Waals surface area contributed by atoms with Gasteiger partial charge in [0.15, 0.2) is 0 Å². The predicted molar refractivity (Wildman–Crippen MR) is 130 cm³/mol. The van der Waals surface area contributed by atoms with Crippen molar-refractivity contribution in [2.75, 3.05) is 0 Å². The van der Waals surface area contributed by atoms with Gasteiger partial charge in [0, 0.05) is 24.0 Å². The van der Waals surface area contributed by atoms with Crippen LogP contribution in [0.2, 0.25) is 0 Å². The number of carbonyl (C=O) groups is 1. The second-order valence-corrected chi connectivity index (χ2v) is 12.0. The van der Waals surface area contributed by atoms with Gasteiger partial charge in [-0.1, -0.05) is 43.7 Å². The third-order valence-electron chi connectivity index (χ3n) is 10.5. The van der Waals surface area contributed by atoms with Gasteiger partial charge in [-0.3, -0.25) is 4.79 Å². The second kappa shape index (κ2) is 7.41. The molecule has 1 aromatic carbocycles. The lowest BCUT2D eigenvalue weighted by atomic mass is 9.45. The molecule has 1 heterocycles. The molecule has 0 bridgehead atoms. The van der Waals surface area contributed by atoms with Gasteiger partial charge in [-0.2, -0.15) is 5.26 Å². The second-order valence-electron chi connectivity index (χ2n) is 12.0. The fourth-order valence-corrected chi connectivity index (χ4v) is 8.71. The average Bonchev–Trinajstić information content (AvgIpc) is 3.13. The minimum Gasteiger partial charge on any atom is -0.421 e. The van der Waals surface area contributed by atoms with E-state index in [9.17, 15) is 14.9 Å². The molecule has 0 amide bonds. The highest BCUT2D eigenvalue weighted by Crippen LogP contribution is 2.66. The van der Waals surface area contributed by atoms with Gasteiger partial charge in [0.1, 0.15) is 23.2 Å². The van der Waals surface area contributed by atoms with Crippen LogP contribution in [0.15, 0.2) is 33.5 Å². The number of hydrogen-bond donors (Lipinski definition) is 0. The molecule has 0 N–H and O–H groups in total. The summed E-state index contributed by atoms with van der Waals surface area (Å²) in [6.07, 6.45) is 7.76. The largest absolute Gasteiger partial charge is 0.421 e. The van der Waals surface area contributed by atoms with Crippen molar-refractivity contribution in [3.63, 3.8) is 0 Å². The molecule has 4 nitrogen and oxygen atoms in total. The zero-order valence-corrected chi connectivity index (χ0v) is 20.4. The van der Waals surface area contributed by atoms with E-state index in [-0.39, 0.29) is 16.4 Å². The van der Waals surface area contributed by atoms with E-state index in [1.807, 2.05) is 24.3 Å². The highest BCUT2D eigenvalue weighted by atomic mass is 16.4. The van der Waals surface area contributed by atoms with E-state index in [2.05, 4.69) is 26.8 Å². The minimum atomic E-state index is -0.498. The van der Waals surface area contributed by atoms with Gasteiger partial charge >= 0.3 is 5.63 Å². The van der Waals surface area contributed by atoms with E-state index in [0.717, 1.165) is 73.6 Å². The number of aryl methyl sites for hydroxylation is 1. The quantitative estimate of drug-likeness (QED) is 0.520. The topological polar surface area (TPSA) is 71.1 Å². The number of carbonyl (C=O) groups excluding carboxylic acids is 1. The van der Waals surface area contributed by atoms with Gasteiger partial charge in [0.05, 0.1) is 0 Å². The molecule has 1 aromatic heterocycles. The lowest BCUT2D eigenvalue weighted by Crippen LogP contribution is -2.54. The molecule has 4 aliphatic rings. The van der Waals surface area contributed by atoms with Crippen molar-refractivity contribution < 1.29 is 9.21 Å². The Morgan fingerprint density at radius 1 is 1.00 bits per heavy atom. The van der Waals surface area contributed by atoms with Crippen molar-refractivity contribution in [1.82, 2.24) is 0 Å². The summed E-state index contributed by atoms with van der Waals surface area (Å²) < 4.78 is 5.86. The fourth-order valence-electron chi connectivity index (χ4n) is 8.71. The van der Waals surface area contributed by atoms with Crippen molar-refractivity contribution in [2.24, 2.45) is 29.1 Å². The first-order valence-corrected chi connectivity index (χ1v) is 13.0. The maximum atomic E-state index is 13.0. The van der Waals surface area contributed by atoms with Crippen LogP contribution in [-0.4, -0.2) is 5.78 Å². The van der Waals surface area contributed by atoms with Crippen LogP contribution >= 0.6 is 0 Å². The Morgan fingerprint density at radius 2 is 1.76 bits per heavy atom. The summed E-state index contributed by atoms with van der Waals surface area (Å²) in [7, 11) is 0. The number of fused-ring (bicyclic) bond motifs is 7. The molecule has 3 saturated carbocycles. The number of nitrogens with zero attached hydrogens (tertiary/aromatic N) is 1. The summed E-state index contributed by atoms with van der Waals surface area (Å²) in [5, 5.41) is 10.00. The lowest BCUT2D eigenvalue weighted by molar-refractivity contribution is -0.135. The van der Waals surface area contributed by atoms with Gasteiger partial charge in [0.25, 0.3) is 0 Å². The number of benzene rings is 1. The van der Waals surface area contributed by atoms with Crippen molar-refractivity contribution >= 4 is 5.78 Å².